The second-order valence-corrected chi connectivity index (χ2v) is 8.42. The summed E-state index contributed by atoms with van der Waals surface area (Å²) in [5, 5.41) is 0. The van der Waals surface area contributed by atoms with Gasteiger partial charge in [0.05, 0.1) is 5.60 Å². The Bertz CT molecular complexity index is 408. The van der Waals surface area contributed by atoms with Crippen LogP contribution < -0.4 is 0 Å². The molecule has 23 heavy (non-hydrogen) atoms. The Morgan fingerprint density at radius 1 is 1.09 bits per heavy atom. The fourth-order valence-electron chi connectivity index (χ4n) is 4.69. The van der Waals surface area contributed by atoms with E-state index in [4.69, 9.17) is 4.74 Å². The monoisotopic (exact) mass is 322 g/mol. The second-order valence-electron chi connectivity index (χ2n) is 8.42. The summed E-state index contributed by atoms with van der Waals surface area (Å²) in [6, 6.07) is 0.630. The Kier molecular flexibility index (Phi) is 5.32. The summed E-state index contributed by atoms with van der Waals surface area (Å²) in [5.74, 6) is 1.52. The average Bonchev–Trinajstić information content (AvgIpc) is 2.56. The predicted octanol–water partition coefficient (Wildman–Crippen LogP) is 2.91. The summed E-state index contributed by atoms with van der Waals surface area (Å²) in [6.45, 7) is 4.97. The Balaban J connectivity index is 1.52. The van der Waals surface area contributed by atoms with Crippen LogP contribution in [0.1, 0.15) is 58.3 Å². The van der Waals surface area contributed by atoms with Crippen LogP contribution >= 0.6 is 0 Å². The second kappa shape index (κ2) is 7.10. The Morgan fingerprint density at radius 3 is 2.35 bits per heavy atom. The van der Waals surface area contributed by atoms with Crippen molar-refractivity contribution in [3.05, 3.63) is 0 Å². The maximum Gasteiger partial charge on any atom is 0.225 e. The number of amides is 1. The molecule has 2 aliphatic heterocycles. The SMILES string of the molecule is CC1CCC(C(=O)N2CCC3(CC2)CC(N(C)C)CCO3)CC1. The van der Waals surface area contributed by atoms with Crippen LogP contribution in [0.2, 0.25) is 0 Å². The van der Waals surface area contributed by atoms with Crippen molar-refractivity contribution in [1.82, 2.24) is 9.80 Å². The quantitative estimate of drug-likeness (QED) is 0.784. The Labute approximate surface area is 141 Å². The van der Waals surface area contributed by atoms with Gasteiger partial charge in [0.2, 0.25) is 5.91 Å². The topological polar surface area (TPSA) is 32.8 Å². The molecule has 3 fully saturated rings. The molecule has 0 bridgehead atoms. The van der Waals surface area contributed by atoms with E-state index < -0.39 is 0 Å². The highest BCUT2D eigenvalue weighted by molar-refractivity contribution is 5.79. The van der Waals surface area contributed by atoms with Crippen LogP contribution in [-0.2, 0) is 9.53 Å². The van der Waals surface area contributed by atoms with Gasteiger partial charge in [-0.2, -0.15) is 0 Å². The highest BCUT2D eigenvalue weighted by Crippen LogP contribution is 2.37. The maximum absolute atomic E-state index is 12.8. The third kappa shape index (κ3) is 3.90. The summed E-state index contributed by atoms with van der Waals surface area (Å²) >= 11 is 0. The van der Waals surface area contributed by atoms with E-state index in [1.54, 1.807) is 0 Å². The highest BCUT2D eigenvalue weighted by atomic mass is 16.5. The van der Waals surface area contributed by atoms with Crippen molar-refractivity contribution >= 4 is 5.91 Å². The van der Waals surface area contributed by atoms with Crippen LogP contribution in [0.15, 0.2) is 0 Å². The number of carbonyl (C=O) groups is 1. The summed E-state index contributed by atoms with van der Waals surface area (Å²) in [7, 11) is 4.35. The van der Waals surface area contributed by atoms with Crippen LogP contribution in [0, 0.1) is 11.8 Å². The first-order valence-corrected chi connectivity index (χ1v) is 9.58. The normalized spacial score (nSPS) is 34.8. The summed E-state index contributed by atoms with van der Waals surface area (Å²) < 4.78 is 6.21. The van der Waals surface area contributed by atoms with Crippen molar-refractivity contribution < 1.29 is 9.53 Å². The lowest BCUT2D eigenvalue weighted by atomic mass is 9.80. The molecule has 2 saturated heterocycles. The Hall–Kier alpha value is -0.610. The molecular formula is C19H34N2O2. The number of ether oxygens (including phenoxy) is 1. The highest BCUT2D eigenvalue weighted by Gasteiger charge is 2.42. The fourth-order valence-corrected chi connectivity index (χ4v) is 4.69. The molecule has 4 heteroatoms. The molecule has 0 N–H and O–H groups in total. The minimum atomic E-state index is 0.0328. The van der Waals surface area contributed by atoms with Gasteiger partial charge in [-0.15, -0.1) is 0 Å². The number of hydrogen-bond acceptors (Lipinski definition) is 3. The molecule has 1 unspecified atom stereocenters. The van der Waals surface area contributed by atoms with Gasteiger partial charge in [-0.1, -0.05) is 6.92 Å². The summed E-state index contributed by atoms with van der Waals surface area (Å²) in [5.41, 5.74) is 0.0328. The molecule has 0 aromatic rings. The molecule has 2 heterocycles. The summed E-state index contributed by atoms with van der Waals surface area (Å²) in [6.07, 6.45) is 8.95. The standard InChI is InChI=1S/C19H34N2O2/c1-15-4-6-16(7-5-15)18(22)21-11-9-19(10-12-21)14-17(20(2)3)8-13-23-19/h15-17H,4-14H2,1-3H3. The molecule has 3 aliphatic rings. The maximum atomic E-state index is 12.8. The minimum absolute atomic E-state index is 0.0328. The summed E-state index contributed by atoms with van der Waals surface area (Å²) in [4.78, 5) is 17.3. The third-order valence-electron chi connectivity index (χ3n) is 6.55. The zero-order chi connectivity index (χ0) is 16.4. The fraction of sp³-hybridized carbons (Fsp3) is 0.947. The van der Waals surface area contributed by atoms with Crippen LogP contribution in [0.3, 0.4) is 0 Å². The zero-order valence-corrected chi connectivity index (χ0v) is 15.2. The molecule has 1 aliphatic carbocycles. The molecule has 3 rings (SSSR count). The number of carbonyl (C=O) groups excluding carboxylic acids is 1. The van der Waals surface area contributed by atoms with Gasteiger partial charge >= 0.3 is 0 Å². The minimum Gasteiger partial charge on any atom is -0.375 e. The molecule has 4 nitrogen and oxygen atoms in total. The lowest BCUT2D eigenvalue weighted by Crippen LogP contribution is -2.54. The molecule has 1 atom stereocenters. The van der Waals surface area contributed by atoms with Crippen molar-refractivity contribution in [2.45, 2.75) is 69.9 Å². The number of rotatable bonds is 2. The molecule has 132 valence electrons. The van der Waals surface area contributed by atoms with Gasteiger partial charge in [-0.25, -0.2) is 0 Å². The predicted molar refractivity (Wildman–Crippen MR) is 92.3 cm³/mol. The van der Waals surface area contributed by atoms with Gasteiger partial charge in [0.25, 0.3) is 0 Å². The van der Waals surface area contributed by atoms with Crippen molar-refractivity contribution in [3.63, 3.8) is 0 Å². The van der Waals surface area contributed by atoms with Gasteiger partial charge in [0.1, 0.15) is 0 Å². The molecular weight excluding hydrogens is 288 g/mol. The van der Waals surface area contributed by atoms with E-state index in [9.17, 15) is 4.79 Å². The third-order valence-corrected chi connectivity index (χ3v) is 6.55. The van der Waals surface area contributed by atoms with Crippen molar-refractivity contribution in [1.29, 1.82) is 0 Å². The molecule has 0 aromatic carbocycles. The lowest BCUT2D eigenvalue weighted by molar-refractivity contribution is -0.151. The largest absolute Gasteiger partial charge is 0.375 e. The first-order chi connectivity index (χ1) is 11.0. The van der Waals surface area contributed by atoms with E-state index in [0.717, 1.165) is 64.1 Å². The van der Waals surface area contributed by atoms with Crippen LogP contribution in [0.5, 0.6) is 0 Å². The van der Waals surface area contributed by atoms with Crippen LogP contribution in [0.25, 0.3) is 0 Å². The van der Waals surface area contributed by atoms with Gasteiger partial charge in [0, 0.05) is 31.7 Å². The number of likely N-dealkylation sites (tertiary alicyclic amines) is 1. The van der Waals surface area contributed by atoms with E-state index >= 15 is 0 Å². The van der Waals surface area contributed by atoms with Crippen molar-refractivity contribution in [2.24, 2.45) is 11.8 Å². The van der Waals surface area contributed by atoms with E-state index in [0.29, 0.717) is 17.9 Å². The average molecular weight is 322 g/mol. The first kappa shape index (κ1) is 17.2. The van der Waals surface area contributed by atoms with E-state index in [-0.39, 0.29) is 5.60 Å². The molecule has 1 saturated carbocycles. The molecule has 1 amide bonds. The van der Waals surface area contributed by atoms with Gasteiger partial charge < -0.3 is 14.5 Å². The molecule has 0 radical (unpaired) electrons. The first-order valence-electron chi connectivity index (χ1n) is 9.58. The van der Waals surface area contributed by atoms with Crippen molar-refractivity contribution in [3.8, 4) is 0 Å². The van der Waals surface area contributed by atoms with Gasteiger partial charge in [-0.05, 0) is 71.4 Å². The van der Waals surface area contributed by atoms with Crippen LogP contribution in [0.4, 0.5) is 0 Å². The van der Waals surface area contributed by atoms with Gasteiger partial charge in [-0.3, -0.25) is 4.79 Å². The van der Waals surface area contributed by atoms with E-state index in [1.807, 2.05) is 0 Å². The van der Waals surface area contributed by atoms with Crippen molar-refractivity contribution in [2.75, 3.05) is 33.8 Å². The number of nitrogens with zero attached hydrogens (tertiary/aromatic N) is 2. The van der Waals surface area contributed by atoms with E-state index in [2.05, 4.69) is 30.8 Å². The number of hydrogen-bond donors (Lipinski definition) is 0. The Morgan fingerprint density at radius 2 is 1.74 bits per heavy atom. The van der Waals surface area contributed by atoms with E-state index in [1.165, 1.54) is 12.8 Å². The molecule has 0 aromatic heterocycles. The smallest absolute Gasteiger partial charge is 0.225 e. The van der Waals surface area contributed by atoms with Crippen LogP contribution in [-0.4, -0.2) is 61.1 Å². The number of piperidine rings is 1. The van der Waals surface area contributed by atoms with Gasteiger partial charge in [0.15, 0.2) is 0 Å². The molecule has 1 spiro atoms. The zero-order valence-electron chi connectivity index (χ0n) is 15.2. The lowest BCUT2D eigenvalue weighted by Gasteiger charge is -2.48.